The first kappa shape index (κ1) is 33.4. The summed E-state index contributed by atoms with van der Waals surface area (Å²) in [5.74, 6) is 0.859. The summed E-state index contributed by atoms with van der Waals surface area (Å²) in [6.07, 6.45) is 0. The van der Waals surface area contributed by atoms with Crippen LogP contribution in [0.4, 0.5) is 34.3 Å². The number of fused-ring (bicyclic) bond motifs is 8. The Balaban J connectivity index is 1.39. The van der Waals surface area contributed by atoms with Gasteiger partial charge in [-0.15, -0.1) is 11.3 Å². The van der Waals surface area contributed by atoms with Gasteiger partial charge in [-0.05, 0) is 93.0 Å². The number of hydrogen-bond acceptors (Lipinski definition) is 4. The fourth-order valence-electron chi connectivity index (χ4n) is 8.13. The van der Waals surface area contributed by atoms with Gasteiger partial charge in [0.15, 0.2) is 0 Å². The number of para-hydroxylation sites is 1. The van der Waals surface area contributed by atoms with Crippen LogP contribution < -0.4 is 25.5 Å². The smallest absolute Gasteiger partial charge is 0.269 e. The van der Waals surface area contributed by atoms with Crippen LogP contribution in [0.3, 0.4) is 0 Å². The Labute approximate surface area is 316 Å². The van der Waals surface area contributed by atoms with Gasteiger partial charge < -0.3 is 9.32 Å². The summed E-state index contributed by atoms with van der Waals surface area (Å²) in [6, 6.07) is 38.0. The maximum Gasteiger partial charge on any atom is 0.269 e. The number of benzene rings is 5. The zero-order valence-electron chi connectivity index (χ0n) is 31.5. The van der Waals surface area contributed by atoms with Crippen LogP contribution in [0.5, 0.6) is 0 Å². The van der Waals surface area contributed by atoms with Crippen molar-refractivity contribution in [2.75, 3.05) is 9.80 Å². The summed E-state index contributed by atoms with van der Waals surface area (Å²) in [7, 11) is 0. The van der Waals surface area contributed by atoms with Gasteiger partial charge in [-0.25, -0.2) is 0 Å². The summed E-state index contributed by atoms with van der Waals surface area (Å²) in [6.45, 7) is 20.4. The number of thiophene rings is 1. The standard InChI is InChI=1S/C46H44BClN2OS/c1-44(2,3)27-14-19-31(20-15-27)49-35-25-30(48)26-36-40(35)47(42-41(49)34-24-29(46(7,8)9)18-23-38(34)52-42)39-33-12-10-11-13-37(33)51-43(39)50(36)32-21-16-28(17-22-32)45(4,5)6/h10-26H,1-9H3. The first-order chi connectivity index (χ1) is 24.6. The Hall–Kier alpha value is -4.45. The number of nitrogens with zero attached hydrogens (tertiary/aromatic N) is 2. The van der Waals surface area contributed by atoms with Crippen molar-refractivity contribution in [3.8, 4) is 0 Å². The van der Waals surface area contributed by atoms with E-state index in [4.69, 9.17) is 16.0 Å². The van der Waals surface area contributed by atoms with E-state index in [1.807, 2.05) is 11.3 Å². The van der Waals surface area contributed by atoms with Crippen LogP contribution in [-0.2, 0) is 16.2 Å². The molecule has 0 saturated carbocycles. The number of halogens is 1. The average molecular weight is 719 g/mol. The Morgan fingerprint density at radius 1 is 0.577 bits per heavy atom. The maximum atomic E-state index is 7.24. The molecule has 2 aliphatic heterocycles. The van der Waals surface area contributed by atoms with Crippen molar-refractivity contribution in [1.82, 2.24) is 0 Å². The predicted octanol–water partition coefficient (Wildman–Crippen LogP) is 12.3. The van der Waals surface area contributed by atoms with E-state index in [0.717, 1.165) is 39.6 Å². The summed E-state index contributed by atoms with van der Waals surface area (Å²) in [5, 5.41) is 3.11. The summed E-state index contributed by atoms with van der Waals surface area (Å²) >= 11 is 9.15. The van der Waals surface area contributed by atoms with Crippen LogP contribution >= 0.6 is 22.9 Å². The lowest BCUT2D eigenvalue weighted by atomic mass is 9.36. The molecule has 0 aliphatic carbocycles. The summed E-state index contributed by atoms with van der Waals surface area (Å²) in [4.78, 5) is 4.79. The molecule has 4 heterocycles. The van der Waals surface area contributed by atoms with Crippen molar-refractivity contribution in [2.45, 2.75) is 78.6 Å². The van der Waals surface area contributed by atoms with Crippen molar-refractivity contribution in [3.63, 3.8) is 0 Å². The van der Waals surface area contributed by atoms with E-state index in [0.29, 0.717) is 5.02 Å². The van der Waals surface area contributed by atoms with E-state index in [1.165, 1.54) is 48.2 Å². The first-order valence-corrected chi connectivity index (χ1v) is 19.5. The fraction of sp³-hybridized carbons (Fsp3) is 0.261. The zero-order valence-corrected chi connectivity index (χ0v) is 33.1. The molecule has 2 aliphatic rings. The highest BCUT2D eigenvalue weighted by molar-refractivity contribution is 7.34. The van der Waals surface area contributed by atoms with Gasteiger partial charge in [0.25, 0.3) is 6.71 Å². The maximum absolute atomic E-state index is 7.24. The minimum atomic E-state index is -0.0402. The average Bonchev–Trinajstić information content (AvgIpc) is 3.66. The first-order valence-electron chi connectivity index (χ1n) is 18.3. The normalized spacial score (nSPS) is 14.2. The molecule has 0 amide bonds. The lowest BCUT2D eigenvalue weighted by Gasteiger charge is -2.41. The molecule has 0 atom stereocenters. The number of furan rings is 1. The molecule has 6 heteroatoms. The lowest BCUT2D eigenvalue weighted by molar-refractivity contribution is 0.590. The molecule has 0 fully saturated rings. The molecule has 0 spiro atoms. The van der Waals surface area contributed by atoms with Gasteiger partial charge in [-0.3, -0.25) is 4.90 Å². The van der Waals surface area contributed by atoms with Crippen molar-refractivity contribution >= 4 is 101 Å². The molecule has 7 aromatic rings. The van der Waals surface area contributed by atoms with Gasteiger partial charge in [0.1, 0.15) is 5.58 Å². The molecule has 0 bridgehead atoms. The van der Waals surface area contributed by atoms with Gasteiger partial charge in [0.2, 0.25) is 5.88 Å². The highest BCUT2D eigenvalue weighted by Gasteiger charge is 2.48. The molecule has 2 aromatic heterocycles. The highest BCUT2D eigenvalue weighted by Crippen LogP contribution is 2.50. The number of anilines is 6. The van der Waals surface area contributed by atoms with Crippen molar-refractivity contribution in [1.29, 1.82) is 0 Å². The van der Waals surface area contributed by atoms with Crippen LogP contribution in [0, 0.1) is 0 Å². The van der Waals surface area contributed by atoms with E-state index >= 15 is 0 Å². The molecular formula is C46H44BClN2OS. The van der Waals surface area contributed by atoms with Crippen LogP contribution in [0.15, 0.2) is 108 Å². The van der Waals surface area contributed by atoms with E-state index in [1.54, 1.807) is 0 Å². The fourth-order valence-corrected chi connectivity index (χ4v) is 9.63. The molecule has 260 valence electrons. The van der Waals surface area contributed by atoms with Crippen LogP contribution in [-0.4, -0.2) is 6.71 Å². The SMILES string of the molecule is CC(C)(C)c1ccc(N2c3cc(Cl)cc4c3B(c3sc5ccc(C(C)(C)C)cc5c3N4c3ccc(C(C)(C)C)cc3)c3c2oc2ccccc32)cc1. The predicted molar refractivity (Wildman–Crippen MR) is 227 cm³/mol. The van der Waals surface area contributed by atoms with Crippen LogP contribution in [0.25, 0.3) is 21.1 Å². The molecule has 0 radical (unpaired) electrons. The van der Waals surface area contributed by atoms with Gasteiger partial charge >= 0.3 is 0 Å². The van der Waals surface area contributed by atoms with E-state index in [2.05, 4.69) is 175 Å². The Kier molecular flexibility index (Phi) is 7.24. The van der Waals surface area contributed by atoms with Gasteiger partial charge in [-0.1, -0.05) is 122 Å². The summed E-state index contributed by atoms with van der Waals surface area (Å²) < 4.78 is 9.54. The molecule has 0 saturated heterocycles. The van der Waals surface area contributed by atoms with E-state index < -0.39 is 0 Å². The zero-order chi connectivity index (χ0) is 36.5. The molecular weight excluding hydrogens is 675 g/mol. The molecule has 52 heavy (non-hydrogen) atoms. The second kappa shape index (κ2) is 11.3. The Morgan fingerprint density at radius 3 is 1.71 bits per heavy atom. The Bertz CT molecular complexity index is 2540. The molecule has 9 rings (SSSR count). The van der Waals surface area contributed by atoms with E-state index in [9.17, 15) is 0 Å². The molecule has 3 nitrogen and oxygen atoms in total. The topological polar surface area (TPSA) is 19.6 Å². The van der Waals surface area contributed by atoms with Crippen LogP contribution in [0.2, 0.25) is 5.02 Å². The number of rotatable bonds is 2. The van der Waals surface area contributed by atoms with E-state index in [-0.39, 0.29) is 23.0 Å². The summed E-state index contributed by atoms with van der Waals surface area (Å²) in [5.41, 5.74) is 12.9. The second-order valence-corrected chi connectivity index (χ2v) is 19.2. The molecule has 0 unspecified atom stereocenters. The minimum absolute atomic E-state index is 0.00700. The quantitative estimate of drug-likeness (QED) is 0.166. The molecule has 5 aromatic carbocycles. The van der Waals surface area contributed by atoms with Crippen molar-refractivity contribution in [3.05, 3.63) is 125 Å². The van der Waals surface area contributed by atoms with Gasteiger partial charge in [-0.2, -0.15) is 0 Å². The largest absolute Gasteiger partial charge is 0.440 e. The third-order valence-electron chi connectivity index (χ3n) is 11.0. The van der Waals surface area contributed by atoms with Gasteiger partial charge in [0, 0.05) is 53.5 Å². The number of hydrogen-bond donors (Lipinski definition) is 0. The highest BCUT2D eigenvalue weighted by atomic mass is 35.5. The second-order valence-electron chi connectivity index (χ2n) is 17.6. The van der Waals surface area contributed by atoms with Crippen LogP contribution in [0.1, 0.15) is 79.0 Å². The third kappa shape index (κ3) is 5.07. The minimum Gasteiger partial charge on any atom is -0.440 e. The van der Waals surface area contributed by atoms with Gasteiger partial charge in [0.05, 0.1) is 5.69 Å². The van der Waals surface area contributed by atoms with Crippen molar-refractivity contribution < 1.29 is 4.42 Å². The lowest BCUT2D eigenvalue weighted by Crippen LogP contribution is -2.60. The molecule has 0 N–H and O–H groups in total. The Morgan fingerprint density at radius 2 is 1.12 bits per heavy atom. The van der Waals surface area contributed by atoms with Crippen molar-refractivity contribution in [2.24, 2.45) is 0 Å². The third-order valence-corrected chi connectivity index (χ3v) is 12.4. The monoisotopic (exact) mass is 718 g/mol.